The molecule has 16 heavy (non-hydrogen) atoms. The number of aromatic hydroxyl groups is 1. The van der Waals surface area contributed by atoms with Crippen molar-refractivity contribution >= 4 is 5.97 Å². The smallest absolute Gasteiger partial charge is 0.316 e. The first kappa shape index (κ1) is 12.6. The molecule has 0 fully saturated rings. The number of hydrogen-bond acceptors (Lipinski definition) is 3. The molecule has 1 aromatic carbocycles. The fraction of sp³-hybridized carbons (Fsp3) is 0.462. The van der Waals surface area contributed by atoms with E-state index >= 15 is 0 Å². The van der Waals surface area contributed by atoms with Gasteiger partial charge in [0.25, 0.3) is 0 Å². The molecule has 1 rings (SSSR count). The van der Waals surface area contributed by atoms with Crippen LogP contribution in [-0.4, -0.2) is 11.1 Å². The first-order valence-corrected chi connectivity index (χ1v) is 5.39. The van der Waals surface area contributed by atoms with Gasteiger partial charge >= 0.3 is 5.97 Å². The molecule has 0 radical (unpaired) electrons. The second-order valence-electron chi connectivity index (χ2n) is 4.53. The van der Waals surface area contributed by atoms with E-state index in [1.54, 1.807) is 25.1 Å². The van der Waals surface area contributed by atoms with Gasteiger partial charge in [0, 0.05) is 5.56 Å². The van der Waals surface area contributed by atoms with Gasteiger partial charge in [-0.05, 0) is 39.3 Å². The predicted octanol–water partition coefficient (Wildman–Crippen LogP) is 3.04. The third kappa shape index (κ3) is 2.54. The Hall–Kier alpha value is -1.51. The molecule has 1 aromatic rings. The number of phenolic OH excluding ortho intramolecular Hbond substituents is 1. The molecule has 0 heterocycles. The maximum absolute atomic E-state index is 11.8. The first-order chi connectivity index (χ1) is 7.38. The van der Waals surface area contributed by atoms with Crippen LogP contribution in [0.3, 0.4) is 0 Å². The molecule has 0 bridgehead atoms. The summed E-state index contributed by atoms with van der Waals surface area (Å²) in [6.07, 6.45) is 0.712. The maximum Gasteiger partial charge on any atom is 0.316 e. The zero-order chi connectivity index (χ0) is 12.3. The van der Waals surface area contributed by atoms with Crippen LogP contribution in [0.15, 0.2) is 18.2 Å². The van der Waals surface area contributed by atoms with Crippen LogP contribution in [-0.2, 0) is 4.79 Å². The molecule has 1 N–H and O–H groups in total. The normalized spacial score (nSPS) is 11.2. The van der Waals surface area contributed by atoms with Crippen molar-refractivity contribution < 1.29 is 14.6 Å². The fourth-order valence-corrected chi connectivity index (χ4v) is 1.10. The molecule has 3 heteroatoms. The molecule has 0 aliphatic heterocycles. The van der Waals surface area contributed by atoms with E-state index in [0.29, 0.717) is 17.7 Å². The fourth-order valence-electron chi connectivity index (χ4n) is 1.10. The number of phenols is 1. The molecule has 0 atom stereocenters. The van der Waals surface area contributed by atoms with Gasteiger partial charge in [0.1, 0.15) is 11.5 Å². The van der Waals surface area contributed by atoms with E-state index < -0.39 is 5.41 Å². The van der Waals surface area contributed by atoms with Crippen molar-refractivity contribution in [3.8, 4) is 11.5 Å². The zero-order valence-electron chi connectivity index (χ0n) is 10.2. The largest absolute Gasteiger partial charge is 0.508 e. The lowest BCUT2D eigenvalue weighted by molar-refractivity contribution is -0.144. The number of ether oxygens (including phenoxy) is 1. The summed E-state index contributed by atoms with van der Waals surface area (Å²) >= 11 is 0. The summed E-state index contributed by atoms with van der Waals surface area (Å²) in [5.74, 6) is 0.287. The van der Waals surface area contributed by atoms with Gasteiger partial charge < -0.3 is 9.84 Å². The lowest BCUT2D eigenvalue weighted by Gasteiger charge is -2.20. The van der Waals surface area contributed by atoms with Gasteiger partial charge in [0.15, 0.2) is 0 Å². The Balaban J connectivity index is 2.90. The number of rotatable bonds is 3. The molecular weight excluding hydrogens is 204 g/mol. The highest BCUT2D eigenvalue weighted by Crippen LogP contribution is 2.29. The van der Waals surface area contributed by atoms with E-state index in [-0.39, 0.29) is 11.7 Å². The predicted molar refractivity (Wildman–Crippen MR) is 62.6 cm³/mol. The van der Waals surface area contributed by atoms with Crippen LogP contribution in [0, 0.1) is 12.3 Å². The number of carbonyl (C=O) groups excluding carboxylic acids is 1. The second kappa shape index (κ2) is 4.56. The van der Waals surface area contributed by atoms with E-state index in [2.05, 4.69) is 0 Å². The number of esters is 1. The van der Waals surface area contributed by atoms with Gasteiger partial charge in [0.05, 0.1) is 5.41 Å². The summed E-state index contributed by atoms with van der Waals surface area (Å²) in [4.78, 5) is 11.8. The minimum Gasteiger partial charge on any atom is -0.508 e. The number of benzene rings is 1. The Morgan fingerprint density at radius 3 is 2.62 bits per heavy atom. The minimum atomic E-state index is -0.502. The Morgan fingerprint density at radius 1 is 1.44 bits per heavy atom. The Kier molecular flexibility index (Phi) is 3.58. The van der Waals surface area contributed by atoms with Gasteiger partial charge in [-0.2, -0.15) is 0 Å². The molecule has 3 nitrogen and oxygen atoms in total. The standard InChI is InChI=1S/C13H18O3/c1-5-13(3,4)12(15)16-11-8-6-7-10(14)9(11)2/h6-8,14H,5H2,1-4H3. The molecule has 0 aromatic heterocycles. The van der Waals surface area contributed by atoms with E-state index in [4.69, 9.17) is 4.74 Å². The highest BCUT2D eigenvalue weighted by Gasteiger charge is 2.28. The van der Waals surface area contributed by atoms with Crippen LogP contribution >= 0.6 is 0 Å². The van der Waals surface area contributed by atoms with Gasteiger partial charge in [-0.15, -0.1) is 0 Å². The minimum absolute atomic E-state index is 0.139. The monoisotopic (exact) mass is 222 g/mol. The molecule has 88 valence electrons. The Labute approximate surface area is 96.1 Å². The average Bonchev–Trinajstić information content (AvgIpc) is 2.24. The number of hydrogen-bond donors (Lipinski definition) is 1. The van der Waals surface area contributed by atoms with E-state index in [9.17, 15) is 9.90 Å². The summed E-state index contributed by atoms with van der Waals surface area (Å²) in [7, 11) is 0. The lowest BCUT2D eigenvalue weighted by Crippen LogP contribution is -2.28. The highest BCUT2D eigenvalue weighted by molar-refractivity contribution is 5.78. The maximum atomic E-state index is 11.8. The summed E-state index contributed by atoms with van der Waals surface area (Å²) in [6, 6.07) is 4.90. The summed E-state index contributed by atoms with van der Waals surface area (Å²) in [6.45, 7) is 7.34. The highest BCUT2D eigenvalue weighted by atomic mass is 16.5. The summed E-state index contributed by atoms with van der Waals surface area (Å²) in [5, 5.41) is 9.48. The quantitative estimate of drug-likeness (QED) is 0.631. The van der Waals surface area contributed by atoms with Crippen molar-refractivity contribution in [2.45, 2.75) is 34.1 Å². The summed E-state index contributed by atoms with van der Waals surface area (Å²) in [5.41, 5.74) is 0.0838. The van der Waals surface area contributed by atoms with Crippen molar-refractivity contribution in [1.29, 1.82) is 0 Å². The number of carbonyl (C=O) groups is 1. The van der Waals surface area contributed by atoms with Gasteiger partial charge in [-0.25, -0.2) is 0 Å². The Morgan fingerprint density at radius 2 is 2.06 bits per heavy atom. The van der Waals surface area contributed by atoms with Crippen LogP contribution < -0.4 is 4.74 Å². The molecule has 0 spiro atoms. The van der Waals surface area contributed by atoms with Gasteiger partial charge in [0.2, 0.25) is 0 Å². The third-order valence-corrected chi connectivity index (χ3v) is 2.89. The van der Waals surface area contributed by atoms with E-state index in [1.165, 1.54) is 0 Å². The van der Waals surface area contributed by atoms with Crippen LogP contribution in [0.4, 0.5) is 0 Å². The molecule has 0 aliphatic carbocycles. The molecule has 0 amide bonds. The van der Waals surface area contributed by atoms with Crippen LogP contribution in [0.2, 0.25) is 0 Å². The van der Waals surface area contributed by atoms with Gasteiger partial charge in [-0.1, -0.05) is 13.0 Å². The molecule has 0 saturated carbocycles. The van der Waals surface area contributed by atoms with Crippen molar-refractivity contribution in [3.05, 3.63) is 23.8 Å². The van der Waals surface area contributed by atoms with Crippen molar-refractivity contribution in [2.24, 2.45) is 5.41 Å². The van der Waals surface area contributed by atoms with E-state index in [1.807, 2.05) is 20.8 Å². The van der Waals surface area contributed by atoms with Crippen molar-refractivity contribution in [2.75, 3.05) is 0 Å². The lowest BCUT2D eigenvalue weighted by atomic mass is 9.91. The topological polar surface area (TPSA) is 46.5 Å². The molecule has 0 unspecified atom stereocenters. The third-order valence-electron chi connectivity index (χ3n) is 2.89. The van der Waals surface area contributed by atoms with Crippen LogP contribution in [0.25, 0.3) is 0 Å². The Bertz CT molecular complexity index is 394. The summed E-state index contributed by atoms with van der Waals surface area (Å²) < 4.78 is 5.28. The van der Waals surface area contributed by atoms with Crippen molar-refractivity contribution in [3.63, 3.8) is 0 Å². The molecular formula is C13H18O3. The van der Waals surface area contributed by atoms with Crippen molar-refractivity contribution in [1.82, 2.24) is 0 Å². The zero-order valence-corrected chi connectivity index (χ0v) is 10.2. The molecule has 0 aliphatic rings. The average molecular weight is 222 g/mol. The van der Waals surface area contributed by atoms with Crippen LogP contribution in [0.5, 0.6) is 11.5 Å². The second-order valence-corrected chi connectivity index (χ2v) is 4.53. The molecule has 0 saturated heterocycles. The first-order valence-electron chi connectivity index (χ1n) is 5.39. The van der Waals surface area contributed by atoms with E-state index in [0.717, 1.165) is 0 Å². The van der Waals surface area contributed by atoms with Crippen LogP contribution in [0.1, 0.15) is 32.8 Å². The van der Waals surface area contributed by atoms with Gasteiger partial charge in [-0.3, -0.25) is 4.79 Å². The SMILES string of the molecule is CCC(C)(C)C(=O)Oc1cccc(O)c1C.